The van der Waals surface area contributed by atoms with E-state index in [4.69, 9.17) is 10.3 Å². The molecule has 1 amide bonds. The van der Waals surface area contributed by atoms with Gasteiger partial charge >= 0.3 is 6.09 Å². The summed E-state index contributed by atoms with van der Waals surface area (Å²) in [5.41, 5.74) is 6.38. The highest BCUT2D eigenvalue weighted by atomic mass is 16.6. The van der Waals surface area contributed by atoms with Crippen LogP contribution >= 0.6 is 0 Å². The second-order valence-corrected chi connectivity index (χ2v) is 6.11. The van der Waals surface area contributed by atoms with Crippen LogP contribution in [0.2, 0.25) is 0 Å². The lowest BCUT2D eigenvalue weighted by Crippen LogP contribution is -2.56. The lowest BCUT2D eigenvalue weighted by Gasteiger charge is -2.35. The molecule has 0 aromatic carbocycles. The van der Waals surface area contributed by atoms with E-state index in [2.05, 4.69) is 15.3 Å². The summed E-state index contributed by atoms with van der Waals surface area (Å²) >= 11 is 0. The maximum absolute atomic E-state index is 11.7. The highest BCUT2D eigenvalue weighted by molar-refractivity contribution is 5.68. The molecule has 7 nitrogen and oxygen atoms in total. The van der Waals surface area contributed by atoms with Gasteiger partial charge in [-0.15, -0.1) is 0 Å². The van der Waals surface area contributed by atoms with E-state index in [0.29, 0.717) is 0 Å². The normalized spacial score (nSPS) is 16.2. The van der Waals surface area contributed by atoms with Gasteiger partial charge in [0.15, 0.2) is 0 Å². The first kappa shape index (κ1) is 17.5. The number of alkyl carbamates (subject to hydrolysis) is 1. The lowest BCUT2D eigenvalue weighted by molar-refractivity contribution is -0.00130. The van der Waals surface area contributed by atoms with Crippen molar-refractivity contribution in [2.45, 2.75) is 58.8 Å². The molecule has 2 atom stereocenters. The van der Waals surface area contributed by atoms with Gasteiger partial charge in [-0.2, -0.15) is 0 Å². The van der Waals surface area contributed by atoms with Gasteiger partial charge in [0, 0.05) is 4.91 Å². The number of azide groups is 1. The molecule has 0 bridgehead atoms. The van der Waals surface area contributed by atoms with Gasteiger partial charge in [0.05, 0.1) is 18.2 Å². The van der Waals surface area contributed by atoms with Gasteiger partial charge in [0.25, 0.3) is 0 Å². The van der Waals surface area contributed by atoms with E-state index in [-0.39, 0.29) is 12.5 Å². The maximum atomic E-state index is 11.7. The summed E-state index contributed by atoms with van der Waals surface area (Å²) in [7, 11) is 0. The third-order valence-electron chi connectivity index (χ3n) is 2.46. The van der Waals surface area contributed by atoms with Crippen molar-refractivity contribution in [3.63, 3.8) is 0 Å². The molecule has 0 aliphatic rings. The number of aliphatic hydroxyl groups is 1. The molecule has 0 aromatic rings. The van der Waals surface area contributed by atoms with Crippen molar-refractivity contribution in [1.29, 1.82) is 0 Å². The lowest BCUT2D eigenvalue weighted by atomic mass is 9.88. The van der Waals surface area contributed by atoms with Crippen molar-refractivity contribution in [2.24, 2.45) is 11.0 Å². The molecule has 0 aliphatic heterocycles. The summed E-state index contributed by atoms with van der Waals surface area (Å²) in [5.74, 6) is -0.0450. The van der Waals surface area contributed by atoms with E-state index < -0.39 is 23.3 Å². The fraction of sp³-hybridized carbons (Fsp3) is 0.917. The molecule has 0 heterocycles. The molecule has 0 unspecified atom stereocenters. The first-order valence-electron chi connectivity index (χ1n) is 6.22. The Morgan fingerprint density at radius 3 is 2.32 bits per heavy atom. The molecule has 0 saturated carbocycles. The Hall–Kier alpha value is -1.46. The Bertz CT molecular complexity index is 354. The number of rotatable bonds is 5. The van der Waals surface area contributed by atoms with E-state index >= 15 is 0 Å². The number of ether oxygens (including phenoxy) is 1. The zero-order chi connectivity index (χ0) is 15.3. The Kier molecular flexibility index (Phi) is 6.12. The summed E-state index contributed by atoms with van der Waals surface area (Å²) in [6.45, 7) is 10.4. The Morgan fingerprint density at radius 2 is 1.95 bits per heavy atom. The third-order valence-corrected chi connectivity index (χ3v) is 2.46. The van der Waals surface area contributed by atoms with Crippen LogP contribution < -0.4 is 5.32 Å². The van der Waals surface area contributed by atoms with E-state index in [0.717, 1.165) is 0 Å². The van der Waals surface area contributed by atoms with Crippen LogP contribution in [0.15, 0.2) is 5.11 Å². The molecular formula is C12H24N4O3. The van der Waals surface area contributed by atoms with Gasteiger partial charge in [0.2, 0.25) is 0 Å². The van der Waals surface area contributed by atoms with Gasteiger partial charge in [0.1, 0.15) is 5.60 Å². The van der Waals surface area contributed by atoms with Crippen LogP contribution in [0.5, 0.6) is 0 Å². The standard InChI is InChI=1S/C12H24N4O3/c1-8(2)9(12(6,18)7-14-16-13)15-10(17)19-11(3,4)5/h8-9,18H,7H2,1-6H3,(H,15,17)/t9-,12-/m0/s1. The predicted molar refractivity (Wildman–Crippen MR) is 72.6 cm³/mol. The zero-order valence-electron chi connectivity index (χ0n) is 12.5. The molecule has 110 valence electrons. The third kappa shape index (κ3) is 6.88. The Morgan fingerprint density at radius 1 is 1.42 bits per heavy atom. The summed E-state index contributed by atoms with van der Waals surface area (Å²) in [4.78, 5) is 14.4. The van der Waals surface area contributed by atoms with Crippen molar-refractivity contribution in [1.82, 2.24) is 5.32 Å². The zero-order valence-corrected chi connectivity index (χ0v) is 12.5. The number of carbonyl (C=O) groups is 1. The van der Waals surface area contributed by atoms with Crippen molar-refractivity contribution in [3.05, 3.63) is 10.4 Å². The topological polar surface area (TPSA) is 107 Å². The second kappa shape index (κ2) is 6.63. The van der Waals surface area contributed by atoms with Gasteiger partial charge in [-0.3, -0.25) is 0 Å². The number of hydrogen-bond acceptors (Lipinski definition) is 4. The average Bonchev–Trinajstić information content (AvgIpc) is 2.20. The van der Waals surface area contributed by atoms with E-state index in [1.165, 1.54) is 6.92 Å². The summed E-state index contributed by atoms with van der Waals surface area (Å²) < 4.78 is 5.15. The van der Waals surface area contributed by atoms with Crippen molar-refractivity contribution in [2.75, 3.05) is 6.54 Å². The highest BCUT2D eigenvalue weighted by Gasteiger charge is 2.35. The predicted octanol–water partition coefficient (Wildman–Crippen LogP) is 2.60. The van der Waals surface area contributed by atoms with Gasteiger partial charge in [-0.1, -0.05) is 19.0 Å². The van der Waals surface area contributed by atoms with Crippen LogP contribution in [0.1, 0.15) is 41.5 Å². The molecule has 0 spiro atoms. The molecule has 0 fully saturated rings. The highest BCUT2D eigenvalue weighted by Crippen LogP contribution is 2.19. The number of amides is 1. The minimum Gasteiger partial charge on any atom is -0.444 e. The fourth-order valence-electron chi connectivity index (χ4n) is 1.75. The molecule has 19 heavy (non-hydrogen) atoms. The number of nitrogens with zero attached hydrogens (tertiary/aromatic N) is 3. The molecular weight excluding hydrogens is 248 g/mol. The SMILES string of the molecule is CC(C)[C@H](NC(=O)OC(C)(C)C)[C@@](C)(O)CN=[N+]=[N-]. The molecule has 7 heteroatoms. The Labute approximate surface area is 114 Å². The summed E-state index contributed by atoms with van der Waals surface area (Å²) in [5, 5.41) is 16.3. The monoisotopic (exact) mass is 272 g/mol. The number of carbonyl (C=O) groups excluding carboxylic acids is 1. The first-order valence-corrected chi connectivity index (χ1v) is 6.22. The average molecular weight is 272 g/mol. The van der Waals surface area contributed by atoms with Crippen LogP contribution in [0.3, 0.4) is 0 Å². The van der Waals surface area contributed by atoms with Crippen molar-refractivity contribution in [3.8, 4) is 0 Å². The summed E-state index contributed by atoms with van der Waals surface area (Å²) in [6, 6.07) is -0.576. The smallest absolute Gasteiger partial charge is 0.407 e. The molecule has 0 radical (unpaired) electrons. The minimum absolute atomic E-state index is 0.0450. The van der Waals surface area contributed by atoms with Crippen molar-refractivity contribution < 1.29 is 14.6 Å². The largest absolute Gasteiger partial charge is 0.444 e. The van der Waals surface area contributed by atoms with E-state index in [1.54, 1.807) is 20.8 Å². The van der Waals surface area contributed by atoms with Gasteiger partial charge < -0.3 is 15.2 Å². The van der Waals surface area contributed by atoms with Crippen LogP contribution in [-0.4, -0.2) is 35.0 Å². The quantitative estimate of drug-likeness (QED) is 0.456. The first-order chi connectivity index (χ1) is 8.49. The second-order valence-electron chi connectivity index (χ2n) is 6.11. The Balaban J connectivity index is 4.84. The van der Waals surface area contributed by atoms with E-state index in [9.17, 15) is 9.90 Å². The number of nitrogens with one attached hydrogen (secondary N) is 1. The number of hydrogen-bond donors (Lipinski definition) is 2. The molecule has 0 rings (SSSR count). The summed E-state index contributed by atoms with van der Waals surface area (Å²) in [6.07, 6.45) is -0.604. The van der Waals surface area contributed by atoms with Gasteiger partial charge in [-0.25, -0.2) is 4.79 Å². The van der Waals surface area contributed by atoms with Crippen molar-refractivity contribution >= 4 is 6.09 Å². The molecule has 0 saturated heterocycles. The van der Waals surface area contributed by atoms with Crippen LogP contribution in [-0.2, 0) is 4.74 Å². The van der Waals surface area contributed by atoms with Crippen LogP contribution in [0, 0.1) is 5.92 Å². The van der Waals surface area contributed by atoms with Gasteiger partial charge in [-0.05, 0) is 39.1 Å². The maximum Gasteiger partial charge on any atom is 0.407 e. The molecule has 0 aromatic heterocycles. The van der Waals surface area contributed by atoms with E-state index in [1.807, 2.05) is 13.8 Å². The van der Waals surface area contributed by atoms with Crippen LogP contribution in [0.4, 0.5) is 4.79 Å². The van der Waals surface area contributed by atoms with Crippen LogP contribution in [0.25, 0.3) is 10.4 Å². The fourth-order valence-corrected chi connectivity index (χ4v) is 1.75. The molecule has 2 N–H and O–H groups in total. The molecule has 0 aliphatic carbocycles. The minimum atomic E-state index is -1.34.